The van der Waals surface area contributed by atoms with Gasteiger partial charge in [0.05, 0.1) is 0 Å². The summed E-state index contributed by atoms with van der Waals surface area (Å²) >= 11 is 0.900. The third-order valence-corrected chi connectivity index (χ3v) is 5.11. The Labute approximate surface area is 124 Å². The highest BCUT2D eigenvalue weighted by atomic mass is 32.2. The Morgan fingerprint density at radius 1 is 1.48 bits per heavy atom. The maximum atomic E-state index is 14.2. The fourth-order valence-corrected chi connectivity index (χ4v) is 3.52. The van der Waals surface area contributed by atoms with Crippen molar-refractivity contribution in [3.05, 3.63) is 40.4 Å². The second kappa shape index (κ2) is 6.25. The summed E-state index contributed by atoms with van der Waals surface area (Å²) in [6.45, 7) is -0.0657. The van der Waals surface area contributed by atoms with E-state index in [1.165, 1.54) is 0 Å². The summed E-state index contributed by atoms with van der Waals surface area (Å²) in [4.78, 5) is 11.2. The van der Waals surface area contributed by atoms with Crippen molar-refractivity contribution in [1.82, 2.24) is 0 Å². The van der Waals surface area contributed by atoms with E-state index in [9.17, 15) is 24.0 Å². The van der Waals surface area contributed by atoms with Crippen molar-refractivity contribution >= 4 is 11.8 Å². The molecule has 0 unspecified atom stereocenters. The van der Waals surface area contributed by atoms with Gasteiger partial charge in [-0.25, -0.2) is 8.78 Å². The lowest BCUT2D eigenvalue weighted by Gasteiger charge is -2.42. The molecule has 0 bridgehead atoms. The lowest BCUT2D eigenvalue weighted by molar-refractivity contribution is -0.590. The minimum atomic E-state index is -2.05. The van der Waals surface area contributed by atoms with Gasteiger partial charge in [-0.1, -0.05) is 18.2 Å². The van der Waals surface area contributed by atoms with Crippen LogP contribution >= 0.6 is 11.8 Å². The Morgan fingerprint density at radius 2 is 2.10 bits per heavy atom. The Morgan fingerprint density at radius 3 is 2.62 bits per heavy atom. The molecule has 116 valence electrons. The average Bonchev–Trinajstić information content (AvgIpc) is 2.48. The highest BCUT2D eigenvalue weighted by Gasteiger charge is 2.63. The molecule has 0 aliphatic carbocycles. The summed E-state index contributed by atoms with van der Waals surface area (Å²) in [7, 11) is 0. The molecule has 1 aliphatic heterocycles. The van der Waals surface area contributed by atoms with Gasteiger partial charge in [0.25, 0.3) is 5.54 Å². The first-order valence-electron chi connectivity index (χ1n) is 6.31. The Kier molecular flexibility index (Phi) is 4.80. The van der Waals surface area contributed by atoms with Gasteiger partial charge in [-0.3, -0.25) is 10.1 Å². The monoisotopic (exact) mass is 319 g/mol. The molecule has 0 spiro atoms. The largest absolute Gasteiger partial charge is 0.383 e. The van der Waals surface area contributed by atoms with Crippen molar-refractivity contribution in [2.24, 2.45) is 0 Å². The van der Waals surface area contributed by atoms with Gasteiger partial charge >= 0.3 is 0 Å². The van der Waals surface area contributed by atoms with E-state index in [0.29, 0.717) is 4.90 Å². The van der Waals surface area contributed by atoms with E-state index in [0.717, 1.165) is 18.7 Å². The zero-order valence-electron chi connectivity index (χ0n) is 11.2. The average molecular weight is 319 g/mol. The molecule has 1 heterocycles. The van der Waals surface area contributed by atoms with E-state index in [1.807, 2.05) is 0 Å². The number of aliphatic hydroxyl groups is 1. The standard InChI is InChI=1S/C13H15F2NO4S/c1-13(16(18)19)10(17)9(7-14)20-12(15)11(13)21-8-5-3-2-4-6-8/h2-6,9-12,17H,7H2,1H3/t9-,10-,11-,12+,13+/m0/s1. The quantitative estimate of drug-likeness (QED) is 0.680. The number of nitro groups is 1. The molecule has 1 aromatic carbocycles. The molecule has 21 heavy (non-hydrogen) atoms. The molecular formula is C13H15F2NO4S. The van der Waals surface area contributed by atoms with Crippen LogP contribution in [0.25, 0.3) is 0 Å². The third kappa shape index (κ3) is 2.88. The normalized spacial score (nSPS) is 36.4. The first-order chi connectivity index (χ1) is 9.91. The summed E-state index contributed by atoms with van der Waals surface area (Å²) in [6, 6.07) is 8.53. The van der Waals surface area contributed by atoms with Crippen molar-refractivity contribution in [3.8, 4) is 0 Å². The number of ether oxygens (including phenoxy) is 1. The molecule has 5 nitrogen and oxygen atoms in total. The predicted octanol–water partition coefficient (Wildman–Crippen LogP) is 2.21. The van der Waals surface area contributed by atoms with Gasteiger partial charge in [0.2, 0.25) is 6.36 Å². The smallest absolute Gasteiger partial charge is 0.264 e. The van der Waals surface area contributed by atoms with Gasteiger partial charge in [-0.2, -0.15) is 0 Å². The van der Waals surface area contributed by atoms with Crippen molar-refractivity contribution < 1.29 is 23.5 Å². The molecule has 1 aromatic rings. The van der Waals surface area contributed by atoms with Crippen LogP contribution in [0.15, 0.2) is 35.2 Å². The fourth-order valence-electron chi connectivity index (χ4n) is 2.27. The van der Waals surface area contributed by atoms with Crippen molar-refractivity contribution in [3.63, 3.8) is 0 Å². The summed E-state index contributed by atoms with van der Waals surface area (Å²) in [6.07, 6.45) is -5.32. The topological polar surface area (TPSA) is 72.6 Å². The van der Waals surface area contributed by atoms with Gasteiger partial charge in [0.1, 0.15) is 18.0 Å². The van der Waals surface area contributed by atoms with E-state index < -0.39 is 41.0 Å². The molecule has 5 atom stereocenters. The molecule has 1 saturated heterocycles. The van der Waals surface area contributed by atoms with Crippen LogP contribution in [0.4, 0.5) is 8.78 Å². The summed E-state index contributed by atoms with van der Waals surface area (Å²) in [5.74, 6) is 0. The van der Waals surface area contributed by atoms with Crippen molar-refractivity contribution in [2.75, 3.05) is 6.67 Å². The molecule has 1 N–H and O–H groups in total. The first-order valence-corrected chi connectivity index (χ1v) is 7.19. The SMILES string of the molecule is C[C@@]1([N+](=O)[O-])[C@@H](O)[C@H](CF)O[C@@H](F)[C@@H]1Sc1ccccc1. The molecule has 0 radical (unpaired) electrons. The van der Waals surface area contributed by atoms with Crippen LogP contribution in [0.3, 0.4) is 0 Å². The lowest BCUT2D eigenvalue weighted by atomic mass is 9.85. The van der Waals surface area contributed by atoms with Crippen LogP contribution in [-0.4, -0.2) is 46.1 Å². The van der Waals surface area contributed by atoms with Gasteiger partial charge in [-0.15, -0.1) is 11.8 Å². The Balaban J connectivity index is 2.34. The summed E-state index contributed by atoms with van der Waals surface area (Å²) < 4.78 is 31.7. The molecule has 1 fully saturated rings. The van der Waals surface area contributed by atoms with Crippen molar-refractivity contribution in [1.29, 1.82) is 0 Å². The number of aliphatic hydroxyl groups excluding tert-OH is 1. The van der Waals surface area contributed by atoms with Crippen molar-refractivity contribution in [2.45, 2.75) is 41.2 Å². The number of alkyl halides is 2. The molecule has 1 aliphatic rings. The van der Waals surface area contributed by atoms with E-state index in [1.54, 1.807) is 30.3 Å². The number of nitrogens with zero attached hydrogens (tertiary/aromatic N) is 1. The second-order valence-corrected chi connectivity index (χ2v) is 6.17. The van der Waals surface area contributed by atoms with E-state index in [2.05, 4.69) is 0 Å². The molecule has 0 aromatic heterocycles. The Bertz CT molecular complexity index is 506. The molecular weight excluding hydrogens is 304 g/mol. The van der Waals surface area contributed by atoms with Gasteiger partial charge < -0.3 is 9.84 Å². The van der Waals surface area contributed by atoms with Crippen LogP contribution in [0.5, 0.6) is 0 Å². The second-order valence-electron chi connectivity index (χ2n) is 4.96. The Hall–Kier alpha value is -1.25. The lowest BCUT2D eigenvalue weighted by Crippen LogP contribution is -2.66. The van der Waals surface area contributed by atoms with Gasteiger partial charge in [0, 0.05) is 16.7 Å². The van der Waals surface area contributed by atoms with Gasteiger partial charge in [0.15, 0.2) is 6.10 Å². The maximum absolute atomic E-state index is 14.2. The maximum Gasteiger partial charge on any atom is 0.264 e. The number of halogens is 2. The number of thioether (sulfide) groups is 1. The van der Waals surface area contributed by atoms with Crippen LogP contribution in [0.2, 0.25) is 0 Å². The third-order valence-electron chi connectivity index (χ3n) is 3.62. The molecule has 8 heteroatoms. The van der Waals surface area contributed by atoms with E-state index in [-0.39, 0.29) is 0 Å². The fraction of sp³-hybridized carbons (Fsp3) is 0.538. The van der Waals surface area contributed by atoms with Crippen LogP contribution in [0.1, 0.15) is 6.92 Å². The van der Waals surface area contributed by atoms with E-state index in [4.69, 9.17) is 4.74 Å². The molecule has 2 rings (SSSR count). The minimum absolute atomic E-state index is 0.604. The molecule has 0 saturated carbocycles. The van der Waals surface area contributed by atoms with E-state index >= 15 is 0 Å². The zero-order chi connectivity index (χ0) is 15.6. The zero-order valence-corrected chi connectivity index (χ0v) is 12.0. The summed E-state index contributed by atoms with van der Waals surface area (Å²) in [5.41, 5.74) is -2.05. The summed E-state index contributed by atoms with van der Waals surface area (Å²) in [5, 5.41) is 20.1. The van der Waals surface area contributed by atoms with Crippen LogP contribution in [0, 0.1) is 10.1 Å². The highest BCUT2D eigenvalue weighted by molar-refractivity contribution is 8.00. The highest BCUT2D eigenvalue weighted by Crippen LogP contribution is 2.42. The number of rotatable bonds is 4. The number of benzene rings is 1. The molecule has 0 amide bonds. The number of hydrogen-bond donors (Lipinski definition) is 1. The first kappa shape index (κ1) is 16.1. The predicted molar refractivity (Wildman–Crippen MR) is 73.2 cm³/mol. The van der Waals surface area contributed by atoms with Crippen LogP contribution in [-0.2, 0) is 4.74 Å². The van der Waals surface area contributed by atoms with Gasteiger partial charge in [-0.05, 0) is 12.1 Å². The number of hydrogen-bond acceptors (Lipinski definition) is 5. The van der Waals surface area contributed by atoms with Crippen LogP contribution < -0.4 is 0 Å². The minimum Gasteiger partial charge on any atom is -0.383 e.